The lowest BCUT2D eigenvalue weighted by Gasteiger charge is -2.19. The maximum absolute atomic E-state index is 12.1. The average Bonchev–Trinajstić information content (AvgIpc) is 2.44. The SMILES string of the molecule is CCCNC(CS(=O)CCC)c1ccc(CC(C)C)cc1. The van der Waals surface area contributed by atoms with Crippen LogP contribution < -0.4 is 5.32 Å². The van der Waals surface area contributed by atoms with E-state index in [0.717, 1.165) is 37.3 Å². The monoisotopic (exact) mass is 309 g/mol. The van der Waals surface area contributed by atoms with Crippen molar-refractivity contribution in [3.63, 3.8) is 0 Å². The molecule has 1 aromatic rings. The molecule has 1 rings (SSSR count). The fourth-order valence-electron chi connectivity index (χ4n) is 2.45. The summed E-state index contributed by atoms with van der Waals surface area (Å²) in [7, 11) is -0.731. The van der Waals surface area contributed by atoms with Crippen LogP contribution in [0.4, 0.5) is 0 Å². The van der Waals surface area contributed by atoms with Gasteiger partial charge in [-0.25, -0.2) is 0 Å². The third-order valence-electron chi connectivity index (χ3n) is 3.45. The van der Waals surface area contributed by atoms with Crippen molar-refractivity contribution in [3.05, 3.63) is 35.4 Å². The highest BCUT2D eigenvalue weighted by Gasteiger charge is 2.14. The molecule has 21 heavy (non-hydrogen) atoms. The minimum Gasteiger partial charge on any atom is -0.309 e. The molecule has 0 aliphatic carbocycles. The van der Waals surface area contributed by atoms with Gasteiger partial charge in [0.25, 0.3) is 0 Å². The van der Waals surface area contributed by atoms with Gasteiger partial charge in [0, 0.05) is 28.3 Å². The van der Waals surface area contributed by atoms with E-state index in [4.69, 9.17) is 0 Å². The van der Waals surface area contributed by atoms with Crippen LogP contribution in [-0.4, -0.2) is 22.3 Å². The van der Waals surface area contributed by atoms with Crippen LogP contribution in [-0.2, 0) is 17.2 Å². The van der Waals surface area contributed by atoms with E-state index in [0.29, 0.717) is 5.92 Å². The zero-order chi connectivity index (χ0) is 15.7. The highest BCUT2D eigenvalue weighted by Crippen LogP contribution is 2.17. The van der Waals surface area contributed by atoms with Crippen molar-refractivity contribution < 1.29 is 4.21 Å². The number of hydrogen-bond acceptors (Lipinski definition) is 2. The van der Waals surface area contributed by atoms with Gasteiger partial charge in [-0.2, -0.15) is 0 Å². The van der Waals surface area contributed by atoms with Gasteiger partial charge in [-0.15, -0.1) is 0 Å². The summed E-state index contributed by atoms with van der Waals surface area (Å²) in [6.45, 7) is 9.72. The van der Waals surface area contributed by atoms with Gasteiger partial charge in [0.15, 0.2) is 0 Å². The summed E-state index contributed by atoms with van der Waals surface area (Å²) in [5.74, 6) is 2.20. The van der Waals surface area contributed by atoms with Crippen LogP contribution in [0.5, 0.6) is 0 Å². The minimum atomic E-state index is -0.731. The van der Waals surface area contributed by atoms with Gasteiger partial charge in [0.2, 0.25) is 0 Å². The zero-order valence-electron chi connectivity index (χ0n) is 14.0. The molecule has 0 spiro atoms. The molecule has 1 N–H and O–H groups in total. The van der Waals surface area contributed by atoms with E-state index >= 15 is 0 Å². The van der Waals surface area contributed by atoms with Gasteiger partial charge >= 0.3 is 0 Å². The van der Waals surface area contributed by atoms with E-state index in [1.54, 1.807) is 0 Å². The summed E-state index contributed by atoms with van der Waals surface area (Å²) in [6.07, 6.45) is 3.21. The molecule has 0 amide bonds. The summed E-state index contributed by atoms with van der Waals surface area (Å²) in [4.78, 5) is 0. The lowest BCUT2D eigenvalue weighted by Crippen LogP contribution is -2.27. The minimum absolute atomic E-state index is 0.213. The molecular weight excluding hydrogens is 278 g/mol. The molecule has 2 atom stereocenters. The Kier molecular flexibility index (Phi) is 8.86. The molecule has 0 radical (unpaired) electrons. The molecule has 1 aromatic carbocycles. The second-order valence-electron chi connectivity index (χ2n) is 6.16. The standard InChI is InChI=1S/C18H31NOS/c1-5-11-19-18(14-21(20)12-6-2)17-9-7-16(8-10-17)13-15(3)4/h7-10,15,18-19H,5-6,11-14H2,1-4H3. The Morgan fingerprint density at radius 2 is 1.76 bits per heavy atom. The normalized spacial score (nSPS) is 14.3. The highest BCUT2D eigenvalue weighted by molar-refractivity contribution is 7.85. The predicted octanol–water partition coefficient (Wildman–Crippen LogP) is 4.08. The predicted molar refractivity (Wildman–Crippen MR) is 94.2 cm³/mol. The largest absolute Gasteiger partial charge is 0.309 e. The Balaban J connectivity index is 2.74. The van der Waals surface area contributed by atoms with E-state index < -0.39 is 10.8 Å². The first kappa shape index (κ1) is 18.4. The van der Waals surface area contributed by atoms with Gasteiger partial charge in [-0.05, 0) is 42.9 Å². The van der Waals surface area contributed by atoms with E-state index in [2.05, 4.69) is 57.3 Å². The quantitative estimate of drug-likeness (QED) is 0.705. The Morgan fingerprint density at radius 1 is 1.10 bits per heavy atom. The molecular formula is C18H31NOS. The van der Waals surface area contributed by atoms with Gasteiger partial charge in [-0.3, -0.25) is 4.21 Å². The summed E-state index contributed by atoms with van der Waals surface area (Å²) < 4.78 is 12.1. The smallest absolute Gasteiger partial charge is 0.0436 e. The first-order valence-corrected chi connectivity index (χ1v) is 9.72. The van der Waals surface area contributed by atoms with E-state index in [-0.39, 0.29) is 6.04 Å². The Labute approximate surface area is 133 Å². The van der Waals surface area contributed by atoms with Crippen LogP contribution in [0.3, 0.4) is 0 Å². The van der Waals surface area contributed by atoms with Crippen LogP contribution in [0.25, 0.3) is 0 Å². The topological polar surface area (TPSA) is 29.1 Å². The van der Waals surface area contributed by atoms with Crippen LogP contribution in [0.2, 0.25) is 0 Å². The third kappa shape index (κ3) is 7.23. The Morgan fingerprint density at radius 3 is 2.29 bits per heavy atom. The summed E-state index contributed by atoms with van der Waals surface area (Å²) in [6, 6.07) is 9.06. The maximum Gasteiger partial charge on any atom is 0.0436 e. The van der Waals surface area contributed by atoms with Gasteiger partial charge in [0.1, 0.15) is 0 Å². The van der Waals surface area contributed by atoms with Crippen molar-refractivity contribution in [3.8, 4) is 0 Å². The number of benzene rings is 1. The van der Waals surface area contributed by atoms with Crippen LogP contribution >= 0.6 is 0 Å². The van der Waals surface area contributed by atoms with E-state index in [1.807, 2.05) is 0 Å². The fourth-order valence-corrected chi connectivity index (χ4v) is 3.75. The maximum atomic E-state index is 12.1. The van der Waals surface area contributed by atoms with E-state index in [1.165, 1.54) is 11.1 Å². The number of hydrogen-bond donors (Lipinski definition) is 1. The molecule has 0 fully saturated rings. The highest BCUT2D eigenvalue weighted by atomic mass is 32.2. The fraction of sp³-hybridized carbons (Fsp3) is 0.667. The molecule has 0 saturated heterocycles. The average molecular weight is 310 g/mol. The van der Waals surface area contributed by atoms with Gasteiger partial charge < -0.3 is 5.32 Å². The number of rotatable bonds is 10. The third-order valence-corrected chi connectivity index (χ3v) is 5.02. The zero-order valence-corrected chi connectivity index (χ0v) is 14.8. The van der Waals surface area contributed by atoms with Crippen LogP contribution in [0, 0.1) is 5.92 Å². The first-order chi connectivity index (χ1) is 10.1. The molecule has 120 valence electrons. The van der Waals surface area contributed by atoms with Crippen LogP contribution in [0.15, 0.2) is 24.3 Å². The van der Waals surface area contributed by atoms with Gasteiger partial charge in [-0.1, -0.05) is 52.0 Å². The first-order valence-electron chi connectivity index (χ1n) is 8.24. The van der Waals surface area contributed by atoms with Crippen molar-refractivity contribution in [2.75, 3.05) is 18.1 Å². The molecule has 0 bridgehead atoms. The van der Waals surface area contributed by atoms with Crippen molar-refractivity contribution in [1.29, 1.82) is 0 Å². The summed E-state index contributed by atoms with van der Waals surface area (Å²) in [5, 5.41) is 3.54. The number of nitrogens with one attached hydrogen (secondary N) is 1. The molecule has 0 aliphatic heterocycles. The molecule has 0 heterocycles. The van der Waals surface area contributed by atoms with Crippen molar-refractivity contribution in [2.24, 2.45) is 5.92 Å². The molecule has 2 nitrogen and oxygen atoms in total. The van der Waals surface area contributed by atoms with E-state index in [9.17, 15) is 4.21 Å². The van der Waals surface area contributed by atoms with Crippen LogP contribution in [0.1, 0.15) is 57.7 Å². The molecule has 0 aliphatic rings. The molecule has 0 saturated carbocycles. The summed E-state index contributed by atoms with van der Waals surface area (Å²) >= 11 is 0. The molecule has 0 aromatic heterocycles. The molecule has 3 heteroatoms. The molecule has 2 unspecified atom stereocenters. The van der Waals surface area contributed by atoms with Crippen molar-refractivity contribution in [1.82, 2.24) is 5.32 Å². The lowest BCUT2D eigenvalue weighted by molar-refractivity contribution is 0.569. The van der Waals surface area contributed by atoms with Crippen molar-refractivity contribution >= 4 is 10.8 Å². The second kappa shape index (κ2) is 10.1. The summed E-state index contributed by atoms with van der Waals surface area (Å²) in [5.41, 5.74) is 2.65. The Hall–Kier alpha value is -0.670. The Bertz CT molecular complexity index is 414. The van der Waals surface area contributed by atoms with Crippen molar-refractivity contribution in [2.45, 2.75) is 53.0 Å². The lowest BCUT2D eigenvalue weighted by atomic mass is 10.00. The second-order valence-corrected chi connectivity index (χ2v) is 7.78. The van der Waals surface area contributed by atoms with Gasteiger partial charge in [0.05, 0.1) is 0 Å².